The fourth-order valence-electron chi connectivity index (χ4n) is 2.52. The Morgan fingerprint density at radius 3 is 2.00 bits per heavy atom. The first kappa shape index (κ1) is 20.6. The molecule has 0 fully saturated rings. The zero-order valence-electron chi connectivity index (χ0n) is 16.5. The molecule has 0 bridgehead atoms. The standard InChI is InChI=1S/C23H20N2O5/c1-28-19-10-6-17(7-11-19)22(26)25-24-15-16-4-3-5-21(14-16)30-23(27)18-8-12-20(29-2)13-9-18/h3-15H,1-2H3,(H,25,26)/b24-15-. The number of carbonyl (C=O) groups is 2. The van der Waals surface area contributed by atoms with Crippen LogP contribution in [0.4, 0.5) is 0 Å². The lowest BCUT2D eigenvalue weighted by molar-refractivity contribution is 0.0734. The van der Waals surface area contributed by atoms with Crippen molar-refractivity contribution in [1.29, 1.82) is 0 Å². The smallest absolute Gasteiger partial charge is 0.343 e. The molecular formula is C23H20N2O5. The van der Waals surface area contributed by atoms with Gasteiger partial charge in [-0.05, 0) is 66.2 Å². The van der Waals surface area contributed by atoms with Crippen LogP contribution in [-0.4, -0.2) is 32.3 Å². The Hall–Kier alpha value is -4.13. The topological polar surface area (TPSA) is 86.2 Å². The van der Waals surface area contributed by atoms with Crippen molar-refractivity contribution in [3.63, 3.8) is 0 Å². The van der Waals surface area contributed by atoms with E-state index in [2.05, 4.69) is 10.5 Å². The molecule has 3 rings (SSSR count). The van der Waals surface area contributed by atoms with Crippen LogP contribution in [0.15, 0.2) is 77.9 Å². The summed E-state index contributed by atoms with van der Waals surface area (Å²) in [6, 6.07) is 20.1. The number of rotatable bonds is 7. The first-order valence-electron chi connectivity index (χ1n) is 9.03. The Bertz CT molecular complexity index is 1040. The number of esters is 1. The maximum atomic E-state index is 12.3. The fourth-order valence-corrected chi connectivity index (χ4v) is 2.52. The monoisotopic (exact) mass is 404 g/mol. The number of benzene rings is 3. The normalized spacial score (nSPS) is 10.5. The molecule has 3 aromatic carbocycles. The summed E-state index contributed by atoms with van der Waals surface area (Å²) in [5, 5.41) is 3.95. The number of hydrogen-bond donors (Lipinski definition) is 1. The van der Waals surface area contributed by atoms with Gasteiger partial charge < -0.3 is 14.2 Å². The number of carbonyl (C=O) groups excluding carboxylic acids is 2. The van der Waals surface area contributed by atoms with E-state index in [1.807, 2.05) is 0 Å². The second-order valence-electron chi connectivity index (χ2n) is 6.12. The Kier molecular flexibility index (Phi) is 6.78. The van der Waals surface area contributed by atoms with Crippen LogP contribution in [0.2, 0.25) is 0 Å². The minimum Gasteiger partial charge on any atom is -0.497 e. The molecule has 152 valence electrons. The minimum absolute atomic E-state index is 0.351. The summed E-state index contributed by atoms with van der Waals surface area (Å²) < 4.78 is 15.5. The van der Waals surface area contributed by atoms with Gasteiger partial charge in [0.25, 0.3) is 5.91 Å². The van der Waals surface area contributed by atoms with Crippen molar-refractivity contribution >= 4 is 18.1 Å². The highest BCUT2D eigenvalue weighted by atomic mass is 16.5. The predicted octanol–water partition coefficient (Wildman–Crippen LogP) is 3.69. The van der Waals surface area contributed by atoms with Gasteiger partial charge in [-0.25, -0.2) is 10.2 Å². The van der Waals surface area contributed by atoms with Crippen LogP contribution >= 0.6 is 0 Å². The molecule has 0 heterocycles. The molecular weight excluding hydrogens is 384 g/mol. The summed E-state index contributed by atoms with van der Waals surface area (Å²) in [6.07, 6.45) is 1.46. The molecule has 3 aromatic rings. The van der Waals surface area contributed by atoms with Gasteiger partial charge >= 0.3 is 5.97 Å². The van der Waals surface area contributed by atoms with E-state index in [9.17, 15) is 9.59 Å². The zero-order valence-corrected chi connectivity index (χ0v) is 16.5. The van der Waals surface area contributed by atoms with Crippen LogP contribution in [-0.2, 0) is 0 Å². The number of nitrogens with one attached hydrogen (secondary N) is 1. The van der Waals surface area contributed by atoms with Crippen LogP contribution in [0, 0.1) is 0 Å². The van der Waals surface area contributed by atoms with E-state index in [0.717, 1.165) is 0 Å². The van der Waals surface area contributed by atoms with Gasteiger partial charge in [-0.3, -0.25) is 4.79 Å². The number of amides is 1. The second-order valence-corrected chi connectivity index (χ2v) is 6.12. The molecule has 0 aliphatic carbocycles. The Morgan fingerprint density at radius 2 is 1.40 bits per heavy atom. The highest BCUT2D eigenvalue weighted by Crippen LogP contribution is 2.16. The number of hydrogen-bond acceptors (Lipinski definition) is 6. The molecule has 0 aliphatic rings. The van der Waals surface area contributed by atoms with Gasteiger partial charge in [-0.1, -0.05) is 12.1 Å². The summed E-state index contributed by atoms with van der Waals surface area (Å²) in [7, 11) is 3.11. The van der Waals surface area contributed by atoms with E-state index in [4.69, 9.17) is 14.2 Å². The molecule has 0 atom stereocenters. The highest BCUT2D eigenvalue weighted by molar-refractivity contribution is 5.95. The maximum Gasteiger partial charge on any atom is 0.343 e. The molecule has 0 aromatic heterocycles. The number of hydrazone groups is 1. The Morgan fingerprint density at radius 1 is 0.800 bits per heavy atom. The number of methoxy groups -OCH3 is 2. The summed E-state index contributed by atoms with van der Waals surface area (Å²) in [5.74, 6) is 0.842. The summed E-state index contributed by atoms with van der Waals surface area (Å²) in [4.78, 5) is 24.4. The average molecular weight is 404 g/mol. The quantitative estimate of drug-likeness (QED) is 0.281. The second kappa shape index (κ2) is 9.88. The van der Waals surface area contributed by atoms with E-state index in [1.165, 1.54) is 6.21 Å². The highest BCUT2D eigenvalue weighted by Gasteiger charge is 2.09. The molecule has 30 heavy (non-hydrogen) atoms. The number of ether oxygens (including phenoxy) is 3. The van der Waals surface area contributed by atoms with Crippen molar-refractivity contribution in [2.24, 2.45) is 5.10 Å². The fraction of sp³-hybridized carbons (Fsp3) is 0.0870. The minimum atomic E-state index is -0.487. The van der Waals surface area contributed by atoms with E-state index >= 15 is 0 Å². The SMILES string of the molecule is COc1ccc(C(=O)N/N=C\c2cccc(OC(=O)c3ccc(OC)cc3)c2)cc1. The third kappa shape index (κ3) is 5.45. The lowest BCUT2D eigenvalue weighted by Gasteiger charge is -2.06. The molecule has 0 radical (unpaired) electrons. The van der Waals surface area contributed by atoms with E-state index < -0.39 is 5.97 Å². The third-order valence-electron chi connectivity index (χ3n) is 4.13. The van der Waals surface area contributed by atoms with Crippen LogP contribution in [0.1, 0.15) is 26.3 Å². The van der Waals surface area contributed by atoms with E-state index in [0.29, 0.717) is 33.9 Å². The van der Waals surface area contributed by atoms with Crippen molar-refractivity contribution in [2.45, 2.75) is 0 Å². The molecule has 0 unspecified atom stereocenters. The lowest BCUT2D eigenvalue weighted by Crippen LogP contribution is -2.17. The first-order valence-corrected chi connectivity index (χ1v) is 9.03. The summed E-state index contributed by atoms with van der Waals surface area (Å²) in [6.45, 7) is 0. The summed E-state index contributed by atoms with van der Waals surface area (Å²) >= 11 is 0. The van der Waals surface area contributed by atoms with Crippen molar-refractivity contribution in [3.05, 3.63) is 89.5 Å². The van der Waals surface area contributed by atoms with Crippen LogP contribution < -0.4 is 19.6 Å². The lowest BCUT2D eigenvalue weighted by atomic mass is 10.2. The summed E-state index contributed by atoms with van der Waals surface area (Å²) in [5.41, 5.74) is 3.97. The predicted molar refractivity (Wildman–Crippen MR) is 112 cm³/mol. The van der Waals surface area contributed by atoms with Crippen molar-refractivity contribution < 1.29 is 23.8 Å². The van der Waals surface area contributed by atoms with Gasteiger partial charge in [-0.15, -0.1) is 0 Å². The molecule has 0 aliphatic heterocycles. The molecule has 1 amide bonds. The van der Waals surface area contributed by atoms with Gasteiger partial charge in [0.1, 0.15) is 17.2 Å². The zero-order chi connectivity index (χ0) is 21.3. The molecule has 7 heteroatoms. The van der Waals surface area contributed by atoms with Gasteiger partial charge in [0.15, 0.2) is 0 Å². The molecule has 7 nitrogen and oxygen atoms in total. The van der Waals surface area contributed by atoms with Crippen LogP contribution in [0.5, 0.6) is 17.2 Å². The Labute approximate surface area is 173 Å². The van der Waals surface area contributed by atoms with Crippen molar-refractivity contribution in [2.75, 3.05) is 14.2 Å². The van der Waals surface area contributed by atoms with Crippen LogP contribution in [0.25, 0.3) is 0 Å². The van der Waals surface area contributed by atoms with Crippen molar-refractivity contribution in [1.82, 2.24) is 5.43 Å². The Balaban J connectivity index is 1.60. The molecule has 0 spiro atoms. The largest absolute Gasteiger partial charge is 0.497 e. The van der Waals surface area contributed by atoms with Gasteiger partial charge in [-0.2, -0.15) is 5.10 Å². The maximum absolute atomic E-state index is 12.3. The molecule has 0 saturated carbocycles. The van der Waals surface area contributed by atoms with Gasteiger partial charge in [0, 0.05) is 5.56 Å². The van der Waals surface area contributed by atoms with Gasteiger partial charge in [0.05, 0.1) is 26.0 Å². The van der Waals surface area contributed by atoms with Gasteiger partial charge in [0.2, 0.25) is 0 Å². The number of nitrogens with zero attached hydrogens (tertiary/aromatic N) is 1. The van der Waals surface area contributed by atoms with E-state index in [-0.39, 0.29) is 5.91 Å². The first-order chi connectivity index (χ1) is 14.6. The third-order valence-corrected chi connectivity index (χ3v) is 4.13. The van der Waals surface area contributed by atoms with Crippen molar-refractivity contribution in [3.8, 4) is 17.2 Å². The molecule has 1 N–H and O–H groups in total. The average Bonchev–Trinajstić information content (AvgIpc) is 2.79. The van der Waals surface area contributed by atoms with E-state index in [1.54, 1.807) is 87.0 Å². The molecule has 0 saturated heterocycles. The van der Waals surface area contributed by atoms with Crippen LogP contribution in [0.3, 0.4) is 0 Å².